The van der Waals surface area contributed by atoms with Crippen molar-refractivity contribution in [2.24, 2.45) is 0 Å². The number of aryl methyl sites for hydroxylation is 1. The van der Waals surface area contributed by atoms with Gasteiger partial charge in [-0.3, -0.25) is 14.8 Å². The van der Waals surface area contributed by atoms with Gasteiger partial charge in [0.25, 0.3) is 15.7 Å². The van der Waals surface area contributed by atoms with Crippen LogP contribution in [0.2, 0.25) is 0 Å². The number of sulfonamides is 1. The van der Waals surface area contributed by atoms with E-state index in [-0.39, 0.29) is 16.3 Å². The highest BCUT2D eigenvalue weighted by Gasteiger charge is 2.21. The molecule has 0 saturated carbocycles. The van der Waals surface area contributed by atoms with Crippen molar-refractivity contribution >= 4 is 21.4 Å². The molecule has 0 aliphatic rings. The molecule has 1 N–H and O–H groups in total. The number of nitro benzene ring substituents is 1. The summed E-state index contributed by atoms with van der Waals surface area (Å²) in [5.74, 6) is -0.732. The molecule has 2 aromatic rings. The van der Waals surface area contributed by atoms with Crippen molar-refractivity contribution in [1.82, 2.24) is 0 Å². The maximum Gasteiger partial charge on any atom is 0.270 e. The first-order chi connectivity index (χ1) is 9.81. The van der Waals surface area contributed by atoms with Crippen molar-refractivity contribution in [3.63, 3.8) is 0 Å². The fraction of sp³-hybridized carbons (Fsp3) is 0.0769. The zero-order valence-corrected chi connectivity index (χ0v) is 11.7. The van der Waals surface area contributed by atoms with Gasteiger partial charge in [0, 0.05) is 12.1 Å². The van der Waals surface area contributed by atoms with E-state index in [0.29, 0.717) is 5.56 Å². The Balaban J connectivity index is 2.47. The second kappa shape index (κ2) is 5.49. The molecular weight excluding hydrogens is 299 g/mol. The predicted octanol–water partition coefficient (Wildman–Crippen LogP) is 2.84. The topological polar surface area (TPSA) is 89.3 Å². The Hall–Kier alpha value is -2.48. The van der Waals surface area contributed by atoms with Gasteiger partial charge in [-0.15, -0.1) is 0 Å². The Morgan fingerprint density at radius 1 is 1.19 bits per heavy atom. The third kappa shape index (κ3) is 3.16. The molecule has 0 aromatic heterocycles. The SMILES string of the molecule is Cc1ccc([N+](=O)[O-])cc1S(=O)(=O)Nc1ccccc1F. The van der Waals surface area contributed by atoms with Crippen molar-refractivity contribution in [2.45, 2.75) is 11.8 Å². The van der Waals surface area contributed by atoms with Crippen molar-refractivity contribution in [3.8, 4) is 0 Å². The van der Waals surface area contributed by atoms with Crippen LogP contribution < -0.4 is 4.72 Å². The van der Waals surface area contributed by atoms with Crippen LogP contribution >= 0.6 is 0 Å². The molecule has 8 heteroatoms. The normalized spacial score (nSPS) is 11.1. The fourth-order valence-corrected chi connectivity index (χ4v) is 3.07. The van der Waals surface area contributed by atoms with Crippen LogP contribution in [0.15, 0.2) is 47.4 Å². The first-order valence-electron chi connectivity index (χ1n) is 5.83. The maximum atomic E-state index is 13.5. The largest absolute Gasteiger partial charge is 0.277 e. The van der Waals surface area contributed by atoms with Gasteiger partial charge in [0.1, 0.15) is 5.82 Å². The van der Waals surface area contributed by atoms with Crippen LogP contribution in [0.4, 0.5) is 15.8 Å². The molecule has 2 aromatic carbocycles. The summed E-state index contributed by atoms with van der Waals surface area (Å²) in [4.78, 5) is 9.78. The summed E-state index contributed by atoms with van der Waals surface area (Å²) < 4.78 is 40.1. The van der Waals surface area contributed by atoms with Crippen LogP contribution in [-0.4, -0.2) is 13.3 Å². The van der Waals surface area contributed by atoms with Crippen LogP contribution in [0.3, 0.4) is 0 Å². The van der Waals surface area contributed by atoms with Crippen molar-refractivity contribution in [2.75, 3.05) is 4.72 Å². The van der Waals surface area contributed by atoms with Gasteiger partial charge in [0.15, 0.2) is 0 Å². The molecule has 0 atom stereocenters. The zero-order valence-electron chi connectivity index (χ0n) is 10.9. The fourth-order valence-electron chi connectivity index (χ4n) is 1.74. The molecular formula is C13H11FN2O4S. The molecule has 0 saturated heterocycles. The summed E-state index contributed by atoms with van der Waals surface area (Å²) in [5, 5.41) is 10.7. The number of nitrogens with zero attached hydrogens (tertiary/aromatic N) is 1. The molecule has 110 valence electrons. The van der Waals surface area contributed by atoms with E-state index in [4.69, 9.17) is 0 Å². The number of non-ortho nitro benzene ring substituents is 1. The van der Waals surface area contributed by atoms with E-state index >= 15 is 0 Å². The molecule has 2 rings (SSSR count). The monoisotopic (exact) mass is 310 g/mol. The third-order valence-electron chi connectivity index (χ3n) is 2.79. The first kappa shape index (κ1) is 14.9. The average molecular weight is 310 g/mol. The number of rotatable bonds is 4. The number of anilines is 1. The summed E-state index contributed by atoms with van der Waals surface area (Å²) in [5.41, 5.74) is -0.248. The van der Waals surface area contributed by atoms with E-state index < -0.39 is 20.8 Å². The van der Waals surface area contributed by atoms with Gasteiger partial charge in [-0.05, 0) is 24.6 Å². The Kier molecular flexibility index (Phi) is 3.90. The molecule has 0 aliphatic carbocycles. The molecule has 0 fully saturated rings. The Bertz CT molecular complexity index is 806. The standard InChI is InChI=1S/C13H11FN2O4S/c1-9-6-7-10(16(17)18)8-13(9)21(19,20)15-12-5-3-2-4-11(12)14/h2-8,15H,1H3. The summed E-state index contributed by atoms with van der Waals surface area (Å²) in [6.45, 7) is 1.50. The Morgan fingerprint density at radius 2 is 1.86 bits per heavy atom. The van der Waals surface area contributed by atoms with E-state index in [1.165, 1.54) is 37.3 Å². The van der Waals surface area contributed by atoms with Crippen LogP contribution in [0.1, 0.15) is 5.56 Å². The minimum absolute atomic E-state index is 0.219. The van der Waals surface area contributed by atoms with Gasteiger partial charge in [0.2, 0.25) is 0 Å². The molecule has 0 spiro atoms. The van der Waals surface area contributed by atoms with Gasteiger partial charge in [-0.1, -0.05) is 18.2 Å². The van der Waals surface area contributed by atoms with E-state index in [9.17, 15) is 22.9 Å². The van der Waals surface area contributed by atoms with Gasteiger partial charge < -0.3 is 0 Å². The molecule has 21 heavy (non-hydrogen) atoms. The lowest BCUT2D eigenvalue weighted by Crippen LogP contribution is -2.15. The molecule has 0 radical (unpaired) electrons. The average Bonchev–Trinajstić information content (AvgIpc) is 2.41. The molecule has 6 nitrogen and oxygen atoms in total. The highest BCUT2D eigenvalue weighted by molar-refractivity contribution is 7.92. The number of nitro groups is 1. The summed E-state index contributed by atoms with van der Waals surface area (Å²) in [7, 11) is -4.12. The molecule has 0 unspecified atom stereocenters. The van der Waals surface area contributed by atoms with Gasteiger partial charge >= 0.3 is 0 Å². The Morgan fingerprint density at radius 3 is 2.48 bits per heavy atom. The van der Waals surface area contributed by atoms with Gasteiger partial charge in [0.05, 0.1) is 15.5 Å². The quantitative estimate of drug-likeness (QED) is 0.694. The van der Waals surface area contributed by atoms with E-state index in [2.05, 4.69) is 4.72 Å². The maximum absolute atomic E-state index is 13.5. The van der Waals surface area contributed by atoms with Crippen LogP contribution in [-0.2, 0) is 10.0 Å². The summed E-state index contributed by atoms with van der Waals surface area (Å²) in [6.07, 6.45) is 0. The number of para-hydroxylation sites is 1. The first-order valence-corrected chi connectivity index (χ1v) is 7.32. The van der Waals surface area contributed by atoms with Crippen LogP contribution in [0.5, 0.6) is 0 Å². The molecule has 0 amide bonds. The van der Waals surface area contributed by atoms with Gasteiger partial charge in [-0.25, -0.2) is 12.8 Å². The molecule has 0 aliphatic heterocycles. The number of benzene rings is 2. The minimum Gasteiger partial charge on any atom is -0.277 e. The Labute approximate surface area is 120 Å². The van der Waals surface area contributed by atoms with E-state index in [0.717, 1.165) is 12.1 Å². The third-order valence-corrected chi connectivity index (χ3v) is 4.30. The number of halogens is 1. The second-order valence-electron chi connectivity index (χ2n) is 4.29. The second-order valence-corrected chi connectivity index (χ2v) is 5.94. The number of nitrogens with one attached hydrogen (secondary N) is 1. The minimum atomic E-state index is -4.12. The lowest BCUT2D eigenvalue weighted by atomic mass is 10.2. The number of hydrogen-bond acceptors (Lipinski definition) is 4. The van der Waals surface area contributed by atoms with E-state index in [1.54, 1.807) is 0 Å². The summed E-state index contributed by atoms with van der Waals surface area (Å²) in [6, 6.07) is 8.74. The zero-order chi connectivity index (χ0) is 15.6. The highest BCUT2D eigenvalue weighted by atomic mass is 32.2. The van der Waals surface area contributed by atoms with Crippen LogP contribution in [0, 0.1) is 22.9 Å². The number of hydrogen-bond donors (Lipinski definition) is 1. The van der Waals surface area contributed by atoms with Crippen LogP contribution in [0.25, 0.3) is 0 Å². The lowest BCUT2D eigenvalue weighted by molar-refractivity contribution is -0.385. The lowest BCUT2D eigenvalue weighted by Gasteiger charge is -2.10. The van der Waals surface area contributed by atoms with Gasteiger partial charge in [-0.2, -0.15) is 0 Å². The highest BCUT2D eigenvalue weighted by Crippen LogP contribution is 2.24. The smallest absolute Gasteiger partial charge is 0.270 e. The predicted molar refractivity (Wildman–Crippen MR) is 75.0 cm³/mol. The van der Waals surface area contributed by atoms with E-state index in [1.807, 2.05) is 0 Å². The summed E-state index contributed by atoms with van der Waals surface area (Å²) >= 11 is 0. The van der Waals surface area contributed by atoms with Crippen molar-refractivity contribution in [3.05, 3.63) is 64.0 Å². The van der Waals surface area contributed by atoms with Crippen molar-refractivity contribution < 1.29 is 17.7 Å². The molecule has 0 bridgehead atoms. The van der Waals surface area contributed by atoms with Crippen molar-refractivity contribution in [1.29, 1.82) is 0 Å². The molecule has 0 heterocycles.